The number of nitrogens with one attached hydrogen (secondary N) is 1. The number of hydrogen-bond donors (Lipinski definition) is 1. The largest absolute Gasteiger partial charge is 0.359 e. The summed E-state index contributed by atoms with van der Waals surface area (Å²) in [5.74, 6) is 1.54. The quantitative estimate of drug-likeness (QED) is 0.723. The predicted octanol–water partition coefficient (Wildman–Crippen LogP) is 4.22. The van der Waals surface area contributed by atoms with Crippen LogP contribution in [0.2, 0.25) is 0 Å². The fourth-order valence-electron chi connectivity index (χ4n) is 2.94. The van der Waals surface area contributed by atoms with E-state index in [1.165, 1.54) is 16.7 Å². The van der Waals surface area contributed by atoms with E-state index in [-0.39, 0.29) is 0 Å². The van der Waals surface area contributed by atoms with Gasteiger partial charge in [-0.25, -0.2) is 4.98 Å². The van der Waals surface area contributed by atoms with Crippen LogP contribution in [0.25, 0.3) is 0 Å². The summed E-state index contributed by atoms with van der Waals surface area (Å²) in [7, 11) is 2.06. The van der Waals surface area contributed by atoms with Crippen LogP contribution in [0, 0.1) is 20.8 Å². The highest BCUT2D eigenvalue weighted by Gasteiger charge is 2.08. The topological polar surface area (TPSA) is 53.9 Å². The van der Waals surface area contributed by atoms with Gasteiger partial charge in [0, 0.05) is 43.4 Å². The molecule has 134 valence electrons. The van der Waals surface area contributed by atoms with E-state index in [1.807, 2.05) is 37.5 Å². The van der Waals surface area contributed by atoms with E-state index in [0.717, 1.165) is 30.2 Å². The van der Waals surface area contributed by atoms with Crippen LogP contribution >= 0.6 is 0 Å². The molecule has 0 saturated heterocycles. The summed E-state index contributed by atoms with van der Waals surface area (Å²) in [6, 6.07) is 12.5. The number of aromatic nitrogens is 3. The van der Waals surface area contributed by atoms with E-state index in [1.54, 1.807) is 0 Å². The third-order valence-electron chi connectivity index (χ3n) is 4.19. The lowest BCUT2D eigenvalue weighted by Crippen LogP contribution is -2.22. The molecule has 3 aromatic rings. The summed E-state index contributed by atoms with van der Waals surface area (Å²) < 4.78 is 0. The number of rotatable bonds is 6. The molecule has 3 rings (SSSR count). The third-order valence-corrected chi connectivity index (χ3v) is 4.19. The Hall–Kier alpha value is -2.95. The van der Waals surface area contributed by atoms with Crippen molar-refractivity contribution in [3.63, 3.8) is 0 Å². The van der Waals surface area contributed by atoms with E-state index < -0.39 is 0 Å². The van der Waals surface area contributed by atoms with Gasteiger partial charge in [0.15, 0.2) is 0 Å². The highest BCUT2D eigenvalue weighted by molar-refractivity contribution is 5.57. The lowest BCUT2D eigenvalue weighted by Gasteiger charge is -2.19. The first kappa shape index (κ1) is 17.9. The van der Waals surface area contributed by atoms with E-state index in [0.29, 0.717) is 5.95 Å². The fraction of sp³-hybridized carbons (Fsp3) is 0.286. The Bertz CT molecular complexity index is 857. The fourth-order valence-corrected chi connectivity index (χ4v) is 2.94. The van der Waals surface area contributed by atoms with Crippen molar-refractivity contribution >= 4 is 17.5 Å². The minimum Gasteiger partial charge on any atom is -0.359 e. The first-order valence-corrected chi connectivity index (χ1v) is 8.80. The zero-order chi connectivity index (χ0) is 18.5. The van der Waals surface area contributed by atoms with Crippen molar-refractivity contribution in [1.29, 1.82) is 0 Å². The minimum atomic E-state index is 0.626. The van der Waals surface area contributed by atoms with Crippen molar-refractivity contribution in [2.45, 2.75) is 27.2 Å². The number of hydrogen-bond acceptors (Lipinski definition) is 5. The van der Waals surface area contributed by atoms with Crippen molar-refractivity contribution in [3.8, 4) is 0 Å². The Labute approximate surface area is 155 Å². The first-order chi connectivity index (χ1) is 12.5. The van der Waals surface area contributed by atoms with Crippen molar-refractivity contribution in [2.75, 3.05) is 23.8 Å². The molecule has 0 aliphatic carbocycles. The molecule has 0 atom stereocenters. The molecule has 0 fully saturated rings. The highest BCUT2D eigenvalue weighted by Crippen LogP contribution is 2.20. The van der Waals surface area contributed by atoms with Crippen molar-refractivity contribution in [1.82, 2.24) is 15.0 Å². The number of nitrogens with zero attached hydrogens (tertiary/aromatic N) is 4. The smallest absolute Gasteiger partial charge is 0.229 e. The van der Waals surface area contributed by atoms with Crippen molar-refractivity contribution in [3.05, 3.63) is 71.2 Å². The van der Waals surface area contributed by atoms with Crippen LogP contribution in [0.5, 0.6) is 0 Å². The molecule has 5 nitrogen and oxygen atoms in total. The molecule has 0 spiro atoms. The summed E-state index contributed by atoms with van der Waals surface area (Å²) in [5, 5.41) is 3.34. The van der Waals surface area contributed by atoms with Gasteiger partial charge in [0.05, 0.1) is 0 Å². The molecule has 0 unspecified atom stereocenters. The van der Waals surface area contributed by atoms with Gasteiger partial charge in [-0.2, -0.15) is 4.98 Å². The number of benzene rings is 1. The second-order valence-electron chi connectivity index (χ2n) is 6.72. The molecule has 1 N–H and O–H groups in total. The molecular formula is C21H25N5. The molecule has 5 heteroatoms. The van der Waals surface area contributed by atoms with Crippen LogP contribution in [0.15, 0.2) is 48.8 Å². The van der Waals surface area contributed by atoms with Crippen molar-refractivity contribution in [2.24, 2.45) is 0 Å². The van der Waals surface area contributed by atoms with E-state index >= 15 is 0 Å². The summed E-state index contributed by atoms with van der Waals surface area (Å²) in [6.45, 7) is 7.05. The second-order valence-corrected chi connectivity index (χ2v) is 6.72. The van der Waals surface area contributed by atoms with Crippen LogP contribution in [-0.2, 0) is 6.42 Å². The Kier molecular flexibility index (Phi) is 5.46. The Balaban J connectivity index is 1.74. The Morgan fingerprint density at radius 2 is 1.62 bits per heavy atom. The normalized spacial score (nSPS) is 10.6. The van der Waals surface area contributed by atoms with Gasteiger partial charge in [0.1, 0.15) is 5.82 Å². The van der Waals surface area contributed by atoms with Gasteiger partial charge < -0.3 is 10.2 Å². The number of likely N-dealkylation sites (N-methyl/N-ethyl adjacent to an activating group) is 1. The van der Waals surface area contributed by atoms with Gasteiger partial charge in [-0.15, -0.1) is 0 Å². The number of pyridine rings is 1. The van der Waals surface area contributed by atoms with Gasteiger partial charge in [-0.05, 0) is 68.1 Å². The number of aryl methyl sites for hydroxylation is 3. The van der Waals surface area contributed by atoms with Gasteiger partial charge in [0.25, 0.3) is 0 Å². The molecule has 26 heavy (non-hydrogen) atoms. The summed E-state index contributed by atoms with van der Waals surface area (Å²) in [4.78, 5) is 15.4. The molecular weight excluding hydrogens is 322 g/mol. The molecule has 0 aliphatic heterocycles. The predicted molar refractivity (Wildman–Crippen MR) is 107 cm³/mol. The zero-order valence-corrected chi connectivity index (χ0v) is 15.8. The van der Waals surface area contributed by atoms with Gasteiger partial charge in [0.2, 0.25) is 5.95 Å². The molecule has 2 heterocycles. The van der Waals surface area contributed by atoms with E-state index in [4.69, 9.17) is 4.98 Å². The van der Waals surface area contributed by atoms with Crippen LogP contribution < -0.4 is 10.2 Å². The summed E-state index contributed by atoms with van der Waals surface area (Å²) >= 11 is 0. The molecule has 0 bridgehead atoms. The Morgan fingerprint density at radius 1 is 0.923 bits per heavy atom. The van der Waals surface area contributed by atoms with Crippen molar-refractivity contribution < 1.29 is 0 Å². The van der Waals surface area contributed by atoms with E-state index in [2.05, 4.69) is 59.3 Å². The van der Waals surface area contributed by atoms with Gasteiger partial charge in [-0.1, -0.05) is 6.07 Å². The minimum absolute atomic E-state index is 0.626. The maximum absolute atomic E-state index is 4.69. The monoisotopic (exact) mass is 347 g/mol. The van der Waals surface area contributed by atoms with Crippen LogP contribution in [0.3, 0.4) is 0 Å². The molecule has 2 aromatic heterocycles. The molecule has 0 amide bonds. The number of anilines is 3. The zero-order valence-electron chi connectivity index (χ0n) is 15.8. The molecule has 1 aromatic carbocycles. The van der Waals surface area contributed by atoms with Gasteiger partial charge >= 0.3 is 0 Å². The molecule has 0 radical (unpaired) electrons. The SMILES string of the molecule is Cc1cc(C)cc(Nc2nc(C)cc(N(C)CCc3ccncc3)n2)c1. The summed E-state index contributed by atoms with van der Waals surface area (Å²) in [6.07, 6.45) is 4.61. The second kappa shape index (κ2) is 7.95. The highest BCUT2D eigenvalue weighted by atomic mass is 15.2. The molecule has 0 saturated carbocycles. The van der Waals surface area contributed by atoms with Crippen LogP contribution in [0.1, 0.15) is 22.4 Å². The first-order valence-electron chi connectivity index (χ1n) is 8.80. The average molecular weight is 347 g/mol. The third kappa shape index (κ3) is 4.79. The van der Waals surface area contributed by atoms with E-state index in [9.17, 15) is 0 Å². The van der Waals surface area contributed by atoms with Crippen LogP contribution in [0.4, 0.5) is 17.5 Å². The summed E-state index contributed by atoms with van der Waals surface area (Å²) in [5.41, 5.74) is 5.66. The Morgan fingerprint density at radius 3 is 2.31 bits per heavy atom. The standard InChI is InChI=1S/C21H25N5/c1-15-11-16(2)13-19(12-15)24-21-23-17(3)14-20(25-21)26(4)10-7-18-5-8-22-9-6-18/h5-6,8-9,11-14H,7,10H2,1-4H3,(H,23,24,25). The molecule has 0 aliphatic rings. The lowest BCUT2D eigenvalue weighted by molar-refractivity contribution is 0.853. The maximum Gasteiger partial charge on any atom is 0.229 e. The maximum atomic E-state index is 4.69. The van der Waals surface area contributed by atoms with Crippen LogP contribution in [-0.4, -0.2) is 28.5 Å². The van der Waals surface area contributed by atoms with Gasteiger partial charge in [-0.3, -0.25) is 4.98 Å². The average Bonchev–Trinajstić information content (AvgIpc) is 2.59. The lowest BCUT2D eigenvalue weighted by atomic mass is 10.1.